The minimum atomic E-state index is -4.43. The number of hydrogen-bond donors (Lipinski definition) is 1. The summed E-state index contributed by atoms with van der Waals surface area (Å²) in [5, 5.41) is 3.54. The Morgan fingerprint density at radius 2 is 1.86 bits per heavy atom. The van der Waals surface area contributed by atoms with Crippen molar-refractivity contribution in [3.63, 3.8) is 0 Å². The number of alkyl halides is 3. The van der Waals surface area contributed by atoms with Gasteiger partial charge in [0.25, 0.3) is 0 Å². The largest absolute Gasteiger partial charge is 0.433 e. The Balaban J connectivity index is 1.93. The minimum Gasteiger partial charge on any atom is -0.381 e. The second-order valence-corrected chi connectivity index (χ2v) is 4.70. The van der Waals surface area contributed by atoms with Crippen LogP contribution in [0.3, 0.4) is 0 Å². The zero-order valence-electron chi connectivity index (χ0n) is 10.9. The van der Waals surface area contributed by atoms with Crippen molar-refractivity contribution in [2.75, 3.05) is 11.9 Å². The van der Waals surface area contributed by atoms with E-state index in [9.17, 15) is 13.2 Å². The molecule has 0 saturated carbocycles. The van der Waals surface area contributed by atoms with Gasteiger partial charge in [-0.1, -0.05) is 35.9 Å². The van der Waals surface area contributed by atoms with E-state index in [1.807, 2.05) is 24.3 Å². The molecule has 2 nitrogen and oxygen atoms in total. The van der Waals surface area contributed by atoms with Crippen molar-refractivity contribution in [1.82, 2.24) is 4.98 Å². The van der Waals surface area contributed by atoms with Gasteiger partial charge in [-0.05, 0) is 29.8 Å². The lowest BCUT2D eigenvalue weighted by molar-refractivity contribution is -0.141. The molecular formula is C15H12ClF3N2. The molecule has 0 atom stereocenters. The number of halogens is 4. The average Bonchev–Trinajstić information content (AvgIpc) is 2.45. The van der Waals surface area contributed by atoms with Crippen LogP contribution in [-0.4, -0.2) is 11.5 Å². The Morgan fingerprint density at radius 1 is 1.14 bits per heavy atom. The second kappa shape index (κ2) is 6.63. The maximum absolute atomic E-state index is 12.5. The lowest BCUT2D eigenvalue weighted by Crippen LogP contribution is -2.08. The van der Waals surface area contributed by atoms with Crippen molar-refractivity contribution in [1.29, 1.82) is 0 Å². The third-order valence-corrected chi connectivity index (χ3v) is 2.91. The summed E-state index contributed by atoms with van der Waals surface area (Å²) in [5.41, 5.74) is 0.430. The Bertz CT molecular complexity index is 622. The number of pyridine rings is 1. The van der Waals surface area contributed by atoms with Crippen LogP contribution in [0.2, 0.25) is 5.02 Å². The monoisotopic (exact) mass is 312 g/mol. The number of hydrogen-bond acceptors (Lipinski definition) is 2. The molecule has 6 heteroatoms. The molecule has 0 aliphatic rings. The third kappa shape index (κ3) is 4.79. The van der Waals surface area contributed by atoms with Crippen LogP contribution in [0.5, 0.6) is 0 Å². The SMILES string of the molecule is FC(F)(F)c1cc(NC/C=C/c2ccc(Cl)cc2)ccn1. The highest BCUT2D eigenvalue weighted by atomic mass is 35.5. The molecule has 2 aromatic rings. The first-order valence-electron chi connectivity index (χ1n) is 6.14. The molecule has 0 spiro atoms. The van der Waals surface area contributed by atoms with E-state index in [0.717, 1.165) is 17.8 Å². The fourth-order valence-corrected chi connectivity index (χ4v) is 1.77. The molecule has 1 aromatic heterocycles. The van der Waals surface area contributed by atoms with Gasteiger partial charge in [0.1, 0.15) is 5.69 Å². The van der Waals surface area contributed by atoms with Crippen molar-refractivity contribution in [3.8, 4) is 0 Å². The van der Waals surface area contributed by atoms with Gasteiger partial charge in [0.05, 0.1) is 0 Å². The number of rotatable bonds is 4. The molecule has 1 N–H and O–H groups in total. The van der Waals surface area contributed by atoms with E-state index in [4.69, 9.17) is 11.6 Å². The normalized spacial score (nSPS) is 11.8. The second-order valence-electron chi connectivity index (χ2n) is 4.26. The van der Waals surface area contributed by atoms with Gasteiger partial charge < -0.3 is 5.32 Å². The van der Waals surface area contributed by atoms with E-state index >= 15 is 0 Å². The molecule has 0 fully saturated rings. The number of nitrogens with one attached hydrogen (secondary N) is 1. The lowest BCUT2D eigenvalue weighted by Gasteiger charge is -2.08. The predicted octanol–water partition coefficient (Wildman–Crippen LogP) is 4.88. The highest BCUT2D eigenvalue weighted by Gasteiger charge is 2.32. The van der Waals surface area contributed by atoms with Crippen molar-refractivity contribution >= 4 is 23.4 Å². The first kappa shape index (κ1) is 15.4. The summed E-state index contributed by atoms with van der Waals surface area (Å²) in [5.74, 6) is 0. The number of nitrogens with zero attached hydrogens (tertiary/aromatic N) is 1. The number of benzene rings is 1. The van der Waals surface area contributed by atoms with E-state index in [-0.39, 0.29) is 0 Å². The molecule has 0 amide bonds. The fraction of sp³-hybridized carbons (Fsp3) is 0.133. The standard InChI is InChI=1S/C15H12ClF3N2/c16-12-5-3-11(4-6-12)2-1-8-20-13-7-9-21-14(10-13)15(17,18)19/h1-7,9-10H,8H2,(H,20,21)/b2-1+. The zero-order valence-corrected chi connectivity index (χ0v) is 11.6. The van der Waals surface area contributed by atoms with E-state index in [0.29, 0.717) is 17.3 Å². The number of anilines is 1. The van der Waals surface area contributed by atoms with Crippen molar-refractivity contribution in [2.24, 2.45) is 0 Å². The fourth-order valence-electron chi connectivity index (χ4n) is 1.64. The first-order valence-corrected chi connectivity index (χ1v) is 6.52. The van der Waals surface area contributed by atoms with E-state index in [1.54, 1.807) is 12.1 Å². The summed E-state index contributed by atoms with van der Waals surface area (Å²) < 4.78 is 37.5. The van der Waals surface area contributed by atoms with Crippen LogP contribution in [0.1, 0.15) is 11.3 Å². The molecule has 0 radical (unpaired) electrons. The predicted molar refractivity (Wildman–Crippen MR) is 78.2 cm³/mol. The third-order valence-electron chi connectivity index (χ3n) is 2.65. The van der Waals surface area contributed by atoms with Crippen LogP contribution in [0.15, 0.2) is 48.7 Å². The minimum absolute atomic E-state index is 0.373. The highest BCUT2D eigenvalue weighted by Crippen LogP contribution is 2.28. The summed E-state index contributed by atoms with van der Waals surface area (Å²) in [6, 6.07) is 9.72. The average molecular weight is 313 g/mol. The van der Waals surface area contributed by atoms with Crippen LogP contribution in [0, 0.1) is 0 Å². The molecule has 0 unspecified atom stereocenters. The van der Waals surface area contributed by atoms with Crippen LogP contribution in [0.4, 0.5) is 18.9 Å². The van der Waals surface area contributed by atoms with Gasteiger partial charge in [-0.25, -0.2) is 0 Å². The molecule has 0 bridgehead atoms. The molecule has 1 aromatic carbocycles. The maximum atomic E-state index is 12.5. The summed E-state index contributed by atoms with van der Waals surface area (Å²) in [7, 11) is 0. The van der Waals surface area contributed by atoms with Crippen LogP contribution >= 0.6 is 11.6 Å². The Labute approximate surface area is 125 Å². The highest BCUT2D eigenvalue weighted by molar-refractivity contribution is 6.30. The van der Waals surface area contributed by atoms with Crippen LogP contribution in [-0.2, 0) is 6.18 Å². The molecular weight excluding hydrogens is 301 g/mol. The van der Waals surface area contributed by atoms with E-state index < -0.39 is 11.9 Å². The maximum Gasteiger partial charge on any atom is 0.433 e. The summed E-state index contributed by atoms with van der Waals surface area (Å²) in [6.07, 6.45) is 0.372. The Morgan fingerprint density at radius 3 is 2.52 bits per heavy atom. The summed E-state index contributed by atoms with van der Waals surface area (Å²) >= 11 is 5.77. The van der Waals surface area contributed by atoms with Gasteiger partial charge >= 0.3 is 6.18 Å². The lowest BCUT2D eigenvalue weighted by atomic mass is 10.2. The van der Waals surface area contributed by atoms with Gasteiger partial charge in [0.15, 0.2) is 0 Å². The van der Waals surface area contributed by atoms with Gasteiger partial charge in [-0.3, -0.25) is 4.98 Å². The Hall–Kier alpha value is -2.01. The van der Waals surface area contributed by atoms with E-state index in [2.05, 4.69) is 10.3 Å². The van der Waals surface area contributed by atoms with Crippen molar-refractivity contribution in [3.05, 3.63) is 65.0 Å². The molecule has 0 aliphatic heterocycles. The summed E-state index contributed by atoms with van der Waals surface area (Å²) in [4.78, 5) is 3.30. The van der Waals surface area contributed by atoms with Crippen molar-refractivity contribution in [2.45, 2.75) is 6.18 Å². The zero-order chi connectivity index (χ0) is 15.3. The van der Waals surface area contributed by atoms with Gasteiger partial charge in [0, 0.05) is 23.5 Å². The quantitative estimate of drug-likeness (QED) is 0.870. The van der Waals surface area contributed by atoms with E-state index in [1.165, 1.54) is 6.07 Å². The van der Waals surface area contributed by atoms with Gasteiger partial charge in [0.2, 0.25) is 0 Å². The Kier molecular flexibility index (Phi) is 4.85. The molecule has 21 heavy (non-hydrogen) atoms. The van der Waals surface area contributed by atoms with Crippen LogP contribution < -0.4 is 5.32 Å². The number of aromatic nitrogens is 1. The van der Waals surface area contributed by atoms with Gasteiger partial charge in [-0.2, -0.15) is 13.2 Å². The van der Waals surface area contributed by atoms with Crippen LogP contribution in [0.25, 0.3) is 6.08 Å². The summed E-state index contributed by atoms with van der Waals surface area (Å²) in [6.45, 7) is 0.407. The van der Waals surface area contributed by atoms with Gasteiger partial charge in [-0.15, -0.1) is 0 Å². The topological polar surface area (TPSA) is 24.9 Å². The first-order chi connectivity index (χ1) is 9.95. The smallest absolute Gasteiger partial charge is 0.381 e. The molecule has 2 rings (SSSR count). The van der Waals surface area contributed by atoms with Crippen molar-refractivity contribution < 1.29 is 13.2 Å². The molecule has 110 valence electrons. The molecule has 0 aliphatic carbocycles. The molecule has 0 saturated heterocycles. The molecule has 1 heterocycles.